The van der Waals surface area contributed by atoms with E-state index in [1.807, 2.05) is 0 Å². The maximum atomic E-state index is 12.8. The van der Waals surface area contributed by atoms with Crippen LogP contribution < -0.4 is 19.7 Å². The van der Waals surface area contributed by atoms with Gasteiger partial charge in [0, 0.05) is 6.07 Å². The average molecular weight is 431 g/mol. The van der Waals surface area contributed by atoms with Crippen molar-refractivity contribution in [3.05, 3.63) is 52.0 Å². The third-order valence-corrected chi connectivity index (χ3v) is 4.63. The maximum Gasteiger partial charge on any atom is 0.335 e. The Bertz CT molecular complexity index is 1030. The average Bonchev–Trinajstić information content (AvgIpc) is 3.09. The van der Waals surface area contributed by atoms with Gasteiger partial charge in [0.25, 0.3) is 11.8 Å². The maximum absolute atomic E-state index is 12.8. The Balaban J connectivity index is 1.72. The molecule has 2 N–H and O–H groups in total. The molecule has 0 atom stereocenters. The summed E-state index contributed by atoms with van der Waals surface area (Å²) in [5, 5.41) is 11.7. The number of fused-ring (bicyclic) bond motifs is 1. The molecule has 136 valence electrons. The Kier molecular flexibility index (Phi) is 4.08. The first-order valence-electron chi connectivity index (χ1n) is 7.73. The molecule has 8 nitrogen and oxygen atoms in total. The number of carbonyl (C=O) groups excluding carboxylic acids is 3. The third kappa shape index (κ3) is 3.02. The van der Waals surface area contributed by atoms with E-state index >= 15 is 0 Å². The number of rotatable bonds is 2. The number of hydrogen-bond acceptors (Lipinski definition) is 6. The van der Waals surface area contributed by atoms with Gasteiger partial charge in [-0.1, -0.05) is 6.07 Å². The quantitative estimate of drug-likeness (QED) is 0.560. The van der Waals surface area contributed by atoms with Crippen molar-refractivity contribution in [2.24, 2.45) is 0 Å². The number of imide groups is 2. The van der Waals surface area contributed by atoms with E-state index in [1.165, 1.54) is 30.3 Å². The van der Waals surface area contributed by atoms with E-state index in [2.05, 4.69) is 21.2 Å². The summed E-state index contributed by atoms with van der Waals surface area (Å²) in [6, 6.07) is 8.24. The fourth-order valence-corrected chi connectivity index (χ4v) is 3.09. The van der Waals surface area contributed by atoms with Crippen molar-refractivity contribution in [1.29, 1.82) is 0 Å². The molecule has 2 aromatic carbocycles. The molecule has 2 aliphatic heterocycles. The summed E-state index contributed by atoms with van der Waals surface area (Å²) >= 11 is 3.17. The molecule has 2 heterocycles. The monoisotopic (exact) mass is 430 g/mol. The molecule has 4 rings (SSSR count). The standard InChI is InChI=1S/C18H11BrN2O6/c19-12-6-9(1-3-13(12)22)5-11-16(23)20-18(25)21(17(11)24)10-2-4-14-15(7-10)27-8-26-14/h1-7,22H,8H2,(H,20,23,25)/b11-5+. The number of urea groups is 1. The number of hydrogen-bond donors (Lipinski definition) is 2. The number of carbonyl (C=O) groups is 3. The van der Waals surface area contributed by atoms with E-state index in [4.69, 9.17) is 9.47 Å². The number of phenols is 1. The molecular formula is C18H11BrN2O6. The summed E-state index contributed by atoms with van der Waals surface area (Å²) in [7, 11) is 0. The van der Waals surface area contributed by atoms with Crippen LogP contribution in [-0.2, 0) is 9.59 Å². The van der Waals surface area contributed by atoms with Crippen molar-refractivity contribution in [3.8, 4) is 17.2 Å². The molecule has 9 heteroatoms. The summed E-state index contributed by atoms with van der Waals surface area (Å²) < 4.78 is 10.9. The van der Waals surface area contributed by atoms with Gasteiger partial charge in [-0.15, -0.1) is 0 Å². The van der Waals surface area contributed by atoms with E-state index in [9.17, 15) is 19.5 Å². The SMILES string of the molecule is O=C1NC(=O)N(c2ccc3c(c2)OCO3)C(=O)/C1=C/c1ccc(O)c(Br)c1. The van der Waals surface area contributed by atoms with Gasteiger partial charge >= 0.3 is 6.03 Å². The smallest absolute Gasteiger partial charge is 0.335 e. The predicted octanol–water partition coefficient (Wildman–Crippen LogP) is 2.55. The molecule has 0 saturated carbocycles. The molecule has 2 aromatic rings. The fourth-order valence-electron chi connectivity index (χ4n) is 2.70. The van der Waals surface area contributed by atoms with Crippen LogP contribution in [0.15, 0.2) is 46.4 Å². The summed E-state index contributed by atoms with van der Waals surface area (Å²) in [6.45, 7) is 0.0539. The van der Waals surface area contributed by atoms with Gasteiger partial charge in [-0.2, -0.15) is 0 Å². The van der Waals surface area contributed by atoms with Gasteiger partial charge in [0.2, 0.25) is 6.79 Å². The number of aromatic hydroxyl groups is 1. The minimum atomic E-state index is -0.854. The van der Waals surface area contributed by atoms with E-state index in [1.54, 1.807) is 12.1 Å². The minimum absolute atomic E-state index is 0.0220. The zero-order valence-electron chi connectivity index (χ0n) is 13.6. The Hall–Kier alpha value is -3.33. The lowest BCUT2D eigenvalue weighted by Gasteiger charge is -2.26. The Labute approximate surface area is 161 Å². The van der Waals surface area contributed by atoms with E-state index in [0.29, 0.717) is 21.5 Å². The summed E-state index contributed by atoms with van der Waals surface area (Å²) in [5.74, 6) is -0.644. The van der Waals surface area contributed by atoms with Gasteiger partial charge in [-0.3, -0.25) is 14.9 Å². The van der Waals surface area contributed by atoms with Crippen molar-refractivity contribution in [3.63, 3.8) is 0 Å². The second-order valence-corrected chi connectivity index (χ2v) is 6.56. The van der Waals surface area contributed by atoms with E-state index < -0.39 is 17.8 Å². The first-order chi connectivity index (χ1) is 12.9. The lowest BCUT2D eigenvalue weighted by Crippen LogP contribution is -2.54. The fraction of sp³-hybridized carbons (Fsp3) is 0.0556. The highest BCUT2D eigenvalue weighted by Crippen LogP contribution is 2.36. The third-order valence-electron chi connectivity index (χ3n) is 4.00. The Morgan fingerprint density at radius 2 is 1.85 bits per heavy atom. The van der Waals surface area contributed by atoms with Crippen LogP contribution in [0.2, 0.25) is 0 Å². The summed E-state index contributed by atoms with van der Waals surface area (Å²) in [4.78, 5) is 38.1. The zero-order chi connectivity index (χ0) is 19.1. The van der Waals surface area contributed by atoms with Crippen molar-refractivity contribution in [2.45, 2.75) is 0 Å². The summed E-state index contributed by atoms with van der Waals surface area (Å²) in [6.07, 6.45) is 1.34. The second kappa shape index (κ2) is 6.44. The number of amides is 4. The largest absolute Gasteiger partial charge is 0.507 e. The molecule has 0 unspecified atom stereocenters. The molecule has 1 saturated heterocycles. The van der Waals surface area contributed by atoms with Crippen LogP contribution in [0.3, 0.4) is 0 Å². The first-order valence-corrected chi connectivity index (χ1v) is 8.53. The van der Waals surface area contributed by atoms with E-state index in [-0.39, 0.29) is 23.8 Å². The second-order valence-electron chi connectivity index (χ2n) is 5.71. The molecular weight excluding hydrogens is 420 g/mol. The molecule has 0 spiro atoms. The summed E-state index contributed by atoms with van der Waals surface area (Å²) in [5.41, 5.74) is 0.523. The Morgan fingerprint density at radius 3 is 2.63 bits per heavy atom. The van der Waals surface area contributed by atoms with Gasteiger partial charge in [-0.05, 0) is 51.8 Å². The highest BCUT2D eigenvalue weighted by molar-refractivity contribution is 9.10. The van der Waals surface area contributed by atoms with Crippen LogP contribution in [-0.4, -0.2) is 29.7 Å². The number of nitrogens with one attached hydrogen (secondary N) is 1. The van der Waals surface area contributed by atoms with Gasteiger partial charge < -0.3 is 14.6 Å². The van der Waals surface area contributed by atoms with Crippen molar-refractivity contribution >= 4 is 45.5 Å². The molecule has 0 aromatic heterocycles. The Morgan fingerprint density at radius 1 is 1.07 bits per heavy atom. The molecule has 2 aliphatic rings. The van der Waals surface area contributed by atoms with E-state index in [0.717, 1.165) is 4.90 Å². The lowest BCUT2D eigenvalue weighted by molar-refractivity contribution is -0.122. The molecule has 4 amide bonds. The number of halogens is 1. The van der Waals surface area contributed by atoms with Crippen LogP contribution in [0.25, 0.3) is 6.08 Å². The topological polar surface area (TPSA) is 105 Å². The van der Waals surface area contributed by atoms with Crippen LogP contribution in [0, 0.1) is 0 Å². The first kappa shape index (κ1) is 17.1. The minimum Gasteiger partial charge on any atom is -0.507 e. The molecule has 1 fully saturated rings. The number of ether oxygens (including phenoxy) is 2. The number of barbiturate groups is 1. The number of phenolic OH excluding ortho intramolecular Hbond substituents is 1. The van der Waals surface area contributed by atoms with Crippen LogP contribution in [0.1, 0.15) is 5.56 Å². The molecule has 0 aliphatic carbocycles. The van der Waals surface area contributed by atoms with Crippen LogP contribution in [0.5, 0.6) is 17.2 Å². The lowest BCUT2D eigenvalue weighted by atomic mass is 10.1. The van der Waals surface area contributed by atoms with Gasteiger partial charge in [0.05, 0.1) is 10.2 Å². The van der Waals surface area contributed by atoms with Crippen LogP contribution >= 0.6 is 15.9 Å². The molecule has 27 heavy (non-hydrogen) atoms. The highest BCUT2D eigenvalue weighted by atomic mass is 79.9. The predicted molar refractivity (Wildman–Crippen MR) is 97.4 cm³/mol. The van der Waals surface area contributed by atoms with Crippen molar-refractivity contribution in [2.75, 3.05) is 11.7 Å². The molecule has 0 bridgehead atoms. The normalized spacial score (nSPS) is 17.4. The highest BCUT2D eigenvalue weighted by Gasteiger charge is 2.37. The number of nitrogens with zero attached hydrogens (tertiary/aromatic N) is 1. The van der Waals surface area contributed by atoms with Gasteiger partial charge in [0.15, 0.2) is 11.5 Å². The van der Waals surface area contributed by atoms with Crippen molar-refractivity contribution in [1.82, 2.24) is 5.32 Å². The van der Waals surface area contributed by atoms with Gasteiger partial charge in [-0.25, -0.2) is 9.69 Å². The number of anilines is 1. The van der Waals surface area contributed by atoms with Crippen LogP contribution in [0.4, 0.5) is 10.5 Å². The van der Waals surface area contributed by atoms with Gasteiger partial charge in [0.1, 0.15) is 11.3 Å². The number of benzene rings is 2. The zero-order valence-corrected chi connectivity index (χ0v) is 15.1. The van der Waals surface area contributed by atoms with Crippen molar-refractivity contribution < 1.29 is 29.0 Å². The molecule has 0 radical (unpaired) electrons.